The van der Waals surface area contributed by atoms with Crippen molar-refractivity contribution in [2.24, 2.45) is 5.92 Å². The minimum Gasteiger partial charge on any atom is -0.239 e. The summed E-state index contributed by atoms with van der Waals surface area (Å²) in [5.41, 5.74) is -0.392. The van der Waals surface area contributed by atoms with Crippen molar-refractivity contribution in [2.75, 3.05) is 11.5 Å². The molecule has 15 heavy (non-hydrogen) atoms. The predicted octanol–water partition coefficient (Wildman–Crippen LogP) is 4.39. The van der Waals surface area contributed by atoms with Crippen molar-refractivity contribution in [1.82, 2.24) is 0 Å². The summed E-state index contributed by atoms with van der Waals surface area (Å²) in [7, 11) is 0. The number of halogens is 2. The zero-order valence-electron chi connectivity index (χ0n) is 8.67. The van der Waals surface area contributed by atoms with E-state index in [-0.39, 0.29) is 5.92 Å². The summed E-state index contributed by atoms with van der Waals surface area (Å²) in [6.45, 7) is 1.71. The van der Waals surface area contributed by atoms with Crippen LogP contribution in [0.2, 0.25) is 0 Å². The lowest BCUT2D eigenvalue weighted by Crippen LogP contribution is -2.27. The first-order chi connectivity index (χ1) is 7.10. The largest absolute Gasteiger partial charge is 0.239 e. The van der Waals surface area contributed by atoms with Gasteiger partial charge >= 0.3 is 0 Å². The molecular weight excluding hydrogens is 275 g/mol. The highest BCUT2D eigenvalue weighted by Gasteiger charge is 2.37. The smallest absolute Gasteiger partial charge is 0.136 e. The van der Waals surface area contributed by atoms with Crippen LogP contribution >= 0.6 is 27.7 Å². The molecule has 1 saturated heterocycles. The second-order valence-electron chi connectivity index (χ2n) is 4.15. The summed E-state index contributed by atoms with van der Waals surface area (Å²) in [5, 5.41) is 0. The minimum absolute atomic E-state index is 0.164. The Balaban J connectivity index is 2.27. The molecule has 1 heterocycles. The van der Waals surface area contributed by atoms with Crippen LogP contribution in [0.4, 0.5) is 4.39 Å². The fourth-order valence-corrected chi connectivity index (χ4v) is 3.77. The van der Waals surface area contributed by atoms with Gasteiger partial charge in [-0.2, -0.15) is 11.8 Å². The Bertz CT molecular complexity index is 345. The van der Waals surface area contributed by atoms with Crippen LogP contribution < -0.4 is 0 Å². The average Bonchev–Trinajstić information content (AvgIpc) is 2.71. The van der Waals surface area contributed by atoms with Gasteiger partial charge in [0.1, 0.15) is 5.67 Å². The van der Waals surface area contributed by atoms with Crippen molar-refractivity contribution >= 4 is 27.7 Å². The SMILES string of the molecule is CC(F)(c1cccc(Br)c1)C1CCSC1. The van der Waals surface area contributed by atoms with Gasteiger partial charge in [0.15, 0.2) is 0 Å². The Morgan fingerprint density at radius 3 is 2.93 bits per heavy atom. The van der Waals surface area contributed by atoms with Crippen LogP contribution in [0.1, 0.15) is 18.9 Å². The first kappa shape index (κ1) is 11.5. The first-order valence-electron chi connectivity index (χ1n) is 5.13. The van der Waals surface area contributed by atoms with E-state index < -0.39 is 5.67 Å². The molecule has 1 aliphatic heterocycles. The highest BCUT2D eigenvalue weighted by atomic mass is 79.9. The molecule has 2 rings (SSSR count). The molecule has 2 atom stereocenters. The van der Waals surface area contributed by atoms with E-state index in [0.717, 1.165) is 28.0 Å². The number of hydrogen-bond acceptors (Lipinski definition) is 1. The van der Waals surface area contributed by atoms with Crippen molar-refractivity contribution in [3.8, 4) is 0 Å². The zero-order chi connectivity index (χ0) is 10.9. The van der Waals surface area contributed by atoms with E-state index >= 15 is 0 Å². The number of alkyl halides is 1. The molecule has 2 unspecified atom stereocenters. The van der Waals surface area contributed by atoms with Crippen LogP contribution in [-0.4, -0.2) is 11.5 Å². The number of hydrogen-bond donors (Lipinski definition) is 0. The number of rotatable bonds is 2. The van der Waals surface area contributed by atoms with Gasteiger partial charge in [0, 0.05) is 10.4 Å². The molecule has 3 heteroatoms. The lowest BCUT2D eigenvalue weighted by molar-refractivity contribution is 0.116. The van der Waals surface area contributed by atoms with E-state index in [9.17, 15) is 4.39 Å². The molecule has 0 aromatic heterocycles. The Kier molecular flexibility index (Phi) is 3.41. The van der Waals surface area contributed by atoms with Gasteiger partial charge < -0.3 is 0 Å². The highest BCUT2D eigenvalue weighted by molar-refractivity contribution is 9.10. The van der Waals surface area contributed by atoms with E-state index in [4.69, 9.17) is 0 Å². The summed E-state index contributed by atoms with van der Waals surface area (Å²) < 4.78 is 15.6. The van der Waals surface area contributed by atoms with Crippen LogP contribution in [-0.2, 0) is 5.67 Å². The van der Waals surface area contributed by atoms with Gasteiger partial charge in [0.05, 0.1) is 0 Å². The van der Waals surface area contributed by atoms with Crippen LogP contribution in [0.15, 0.2) is 28.7 Å². The van der Waals surface area contributed by atoms with Crippen LogP contribution in [0.3, 0.4) is 0 Å². The van der Waals surface area contributed by atoms with Gasteiger partial charge in [-0.25, -0.2) is 4.39 Å². The van der Waals surface area contributed by atoms with E-state index in [0.29, 0.717) is 0 Å². The molecule has 0 N–H and O–H groups in total. The third-order valence-corrected chi connectivity index (χ3v) is 4.74. The zero-order valence-corrected chi connectivity index (χ0v) is 11.1. The van der Waals surface area contributed by atoms with Gasteiger partial charge in [0.25, 0.3) is 0 Å². The number of thioether (sulfide) groups is 1. The first-order valence-corrected chi connectivity index (χ1v) is 7.08. The highest BCUT2D eigenvalue weighted by Crippen LogP contribution is 2.42. The standard InChI is InChI=1S/C12H14BrFS/c1-12(14,10-5-6-15-8-10)9-3-2-4-11(13)7-9/h2-4,7,10H,5-6,8H2,1H3. The molecule has 0 saturated carbocycles. The average molecular weight is 289 g/mol. The van der Waals surface area contributed by atoms with Gasteiger partial charge in [0.2, 0.25) is 0 Å². The monoisotopic (exact) mass is 288 g/mol. The third-order valence-electron chi connectivity index (χ3n) is 3.09. The predicted molar refractivity (Wildman–Crippen MR) is 68.0 cm³/mol. The van der Waals surface area contributed by atoms with Crippen LogP contribution in [0.25, 0.3) is 0 Å². The summed E-state index contributed by atoms with van der Waals surface area (Å²) in [6, 6.07) is 7.61. The molecule has 0 radical (unpaired) electrons. The Hall–Kier alpha value is -0.0200. The normalized spacial score (nSPS) is 25.1. The quantitative estimate of drug-likeness (QED) is 0.778. The molecule has 0 amide bonds. The third kappa shape index (κ3) is 2.39. The summed E-state index contributed by atoms with van der Waals surface area (Å²) in [4.78, 5) is 0. The maximum absolute atomic E-state index is 14.7. The van der Waals surface area contributed by atoms with Crippen LogP contribution in [0.5, 0.6) is 0 Å². The maximum atomic E-state index is 14.7. The Morgan fingerprint density at radius 2 is 2.33 bits per heavy atom. The molecule has 1 aliphatic rings. The van der Waals surface area contributed by atoms with Gasteiger partial charge in [-0.3, -0.25) is 0 Å². The van der Waals surface area contributed by atoms with Crippen molar-refractivity contribution in [3.05, 3.63) is 34.3 Å². The molecule has 0 spiro atoms. The van der Waals surface area contributed by atoms with E-state index in [1.807, 2.05) is 36.0 Å². The van der Waals surface area contributed by atoms with Gasteiger partial charge in [-0.1, -0.05) is 28.1 Å². The Morgan fingerprint density at radius 1 is 1.53 bits per heavy atom. The van der Waals surface area contributed by atoms with Crippen molar-refractivity contribution in [1.29, 1.82) is 0 Å². The summed E-state index contributed by atoms with van der Waals surface area (Å²) >= 11 is 5.25. The second kappa shape index (κ2) is 4.46. The molecule has 82 valence electrons. The molecule has 1 aromatic rings. The minimum atomic E-state index is -1.19. The van der Waals surface area contributed by atoms with E-state index in [1.54, 1.807) is 6.92 Å². The summed E-state index contributed by atoms with van der Waals surface area (Å²) in [5.74, 6) is 2.20. The van der Waals surface area contributed by atoms with Gasteiger partial charge in [-0.15, -0.1) is 0 Å². The molecular formula is C12H14BrFS. The van der Waals surface area contributed by atoms with Crippen molar-refractivity contribution in [3.63, 3.8) is 0 Å². The van der Waals surface area contributed by atoms with Crippen molar-refractivity contribution in [2.45, 2.75) is 19.0 Å². The van der Waals surface area contributed by atoms with Crippen LogP contribution in [0, 0.1) is 5.92 Å². The lowest BCUT2D eigenvalue weighted by atomic mass is 9.84. The maximum Gasteiger partial charge on any atom is 0.136 e. The number of benzene rings is 1. The van der Waals surface area contributed by atoms with Gasteiger partial charge in [-0.05, 0) is 42.5 Å². The fraction of sp³-hybridized carbons (Fsp3) is 0.500. The fourth-order valence-electron chi connectivity index (χ4n) is 1.99. The van der Waals surface area contributed by atoms with E-state index in [2.05, 4.69) is 15.9 Å². The molecule has 0 bridgehead atoms. The molecule has 0 nitrogen and oxygen atoms in total. The Labute approximate surface area is 103 Å². The summed E-state index contributed by atoms with van der Waals surface area (Å²) in [6.07, 6.45) is 0.990. The second-order valence-corrected chi connectivity index (χ2v) is 6.21. The topological polar surface area (TPSA) is 0 Å². The van der Waals surface area contributed by atoms with Crippen molar-refractivity contribution < 1.29 is 4.39 Å². The molecule has 1 fully saturated rings. The van der Waals surface area contributed by atoms with E-state index in [1.165, 1.54) is 0 Å². The molecule has 0 aliphatic carbocycles. The molecule has 1 aromatic carbocycles. The lowest BCUT2D eigenvalue weighted by Gasteiger charge is -2.27.